The highest BCUT2D eigenvalue weighted by atomic mass is 35.5. The Bertz CT molecular complexity index is 1080. The van der Waals surface area contributed by atoms with E-state index in [1.807, 2.05) is 6.92 Å². The van der Waals surface area contributed by atoms with Crippen LogP contribution in [0.1, 0.15) is 30.1 Å². The maximum Gasteiger partial charge on any atom is 0.338 e. The predicted octanol–water partition coefficient (Wildman–Crippen LogP) is 4.10. The summed E-state index contributed by atoms with van der Waals surface area (Å²) in [6, 6.07) is 11.1. The summed E-state index contributed by atoms with van der Waals surface area (Å²) < 4.78 is 15.7. The fraction of sp³-hybridized carbons (Fsp3) is 0.261. The monoisotopic (exact) mass is 458 g/mol. The molecule has 8 nitrogen and oxygen atoms in total. The number of unbranched alkanes of at least 4 members (excludes halogenated alkanes) is 1. The van der Waals surface area contributed by atoms with Gasteiger partial charge in [0.2, 0.25) is 0 Å². The minimum Gasteiger partial charge on any atom is -0.497 e. The Hall–Kier alpha value is -3.52. The van der Waals surface area contributed by atoms with E-state index in [-0.39, 0.29) is 16.4 Å². The number of carbonyl (C=O) groups is 3. The average Bonchev–Trinajstić information content (AvgIpc) is 3.01. The van der Waals surface area contributed by atoms with E-state index in [0.717, 1.165) is 17.7 Å². The maximum absolute atomic E-state index is 13.1. The van der Waals surface area contributed by atoms with E-state index in [2.05, 4.69) is 5.32 Å². The number of imide groups is 1. The minimum absolute atomic E-state index is 0.113. The van der Waals surface area contributed by atoms with E-state index in [0.29, 0.717) is 29.4 Å². The third-order valence-corrected chi connectivity index (χ3v) is 5.10. The molecule has 0 unspecified atom stereocenters. The van der Waals surface area contributed by atoms with Crippen LogP contribution in [0.2, 0.25) is 0 Å². The van der Waals surface area contributed by atoms with Gasteiger partial charge in [-0.2, -0.15) is 0 Å². The van der Waals surface area contributed by atoms with Crippen molar-refractivity contribution in [2.24, 2.45) is 0 Å². The Labute approximate surface area is 190 Å². The molecule has 2 aromatic carbocycles. The van der Waals surface area contributed by atoms with Crippen molar-refractivity contribution < 1.29 is 28.6 Å². The van der Waals surface area contributed by atoms with Crippen LogP contribution in [-0.4, -0.2) is 38.6 Å². The Morgan fingerprint density at radius 3 is 2.53 bits per heavy atom. The molecular weight excluding hydrogens is 436 g/mol. The molecule has 0 saturated heterocycles. The second-order valence-electron chi connectivity index (χ2n) is 6.87. The Kier molecular flexibility index (Phi) is 7.37. The molecule has 0 bridgehead atoms. The number of rotatable bonds is 9. The van der Waals surface area contributed by atoms with Gasteiger partial charge in [-0.15, -0.1) is 0 Å². The van der Waals surface area contributed by atoms with E-state index in [1.54, 1.807) is 30.3 Å². The number of halogens is 1. The largest absolute Gasteiger partial charge is 0.497 e. The number of hydrogen-bond donors (Lipinski definition) is 1. The molecular formula is C23H23ClN2O6. The molecule has 0 spiro atoms. The second kappa shape index (κ2) is 10.2. The lowest BCUT2D eigenvalue weighted by Gasteiger charge is -2.19. The highest BCUT2D eigenvalue weighted by Crippen LogP contribution is 2.37. The lowest BCUT2D eigenvalue weighted by molar-refractivity contribution is -0.120. The summed E-state index contributed by atoms with van der Waals surface area (Å²) in [5, 5.41) is 2.57. The van der Waals surface area contributed by atoms with Gasteiger partial charge in [0.05, 0.1) is 32.1 Å². The molecule has 9 heteroatoms. The lowest BCUT2D eigenvalue weighted by Crippen LogP contribution is -2.32. The zero-order valence-corrected chi connectivity index (χ0v) is 18.7. The second-order valence-corrected chi connectivity index (χ2v) is 7.25. The highest BCUT2D eigenvalue weighted by Gasteiger charge is 2.40. The molecule has 0 fully saturated rings. The van der Waals surface area contributed by atoms with Gasteiger partial charge in [-0.25, -0.2) is 9.69 Å². The molecule has 32 heavy (non-hydrogen) atoms. The van der Waals surface area contributed by atoms with Crippen molar-refractivity contribution in [2.75, 3.05) is 31.0 Å². The predicted molar refractivity (Wildman–Crippen MR) is 120 cm³/mol. The highest BCUT2D eigenvalue weighted by molar-refractivity contribution is 6.53. The van der Waals surface area contributed by atoms with E-state index >= 15 is 0 Å². The number of methoxy groups -OCH3 is 2. The summed E-state index contributed by atoms with van der Waals surface area (Å²) in [4.78, 5) is 39.0. The van der Waals surface area contributed by atoms with Crippen LogP contribution in [0.4, 0.5) is 11.4 Å². The molecule has 0 radical (unpaired) electrons. The quantitative estimate of drug-likeness (QED) is 0.343. The van der Waals surface area contributed by atoms with Crippen molar-refractivity contribution >= 4 is 40.8 Å². The Morgan fingerprint density at radius 1 is 1.06 bits per heavy atom. The first kappa shape index (κ1) is 23.1. The topological polar surface area (TPSA) is 94.2 Å². The van der Waals surface area contributed by atoms with Crippen molar-refractivity contribution in [1.29, 1.82) is 0 Å². The van der Waals surface area contributed by atoms with Gasteiger partial charge in [0.15, 0.2) is 0 Å². The van der Waals surface area contributed by atoms with Crippen LogP contribution in [0.25, 0.3) is 0 Å². The lowest BCUT2D eigenvalue weighted by atomic mass is 10.2. The molecule has 1 heterocycles. The summed E-state index contributed by atoms with van der Waals surface area (Å²) in [5.74, 6) is -1.11. The SMILES string of the molecule is CCCCOC(=O)c1cccc(NC2=C(Cl)C(=O)N(c3cc(OC)ccc3OC)C2=O)c1. The standard InChI is InChI=1S/C23H23ClN2O6/c1-4-5-11-32-23(29)14-7-6-8-15(12-14)25-20-19(24)21(27)26(22(20)28)17-13-16(30-2)9-10-18(17)31-3/h6-10,12-13,25H,4-5,11H2,1-3H3. The number of benzene rings is 2. The van der Waals surface area contributed by atoms with Gasteiger partial charge in [-0.3, -0.25) is 9.59 Å². The Balaban J connectivity index is 1.85. The number of nitrogens with one attached hydrogen (secondary N) is 1. The van der Waals surface area contributed by atoms with Crippen molar-refractivity contribution in [1.82, 2.24) is 0 Å². The fourth-order valence-corrected chi connectivity index (χ4v) is 3.28. The van der Waals surface area contributed by atoms with E-state index in [4.69, 9.17) is 25.8 Å². The molecule has 1 N–H and O–H groups in total. The molecule has 0 aromatic heterocycles. The molecule has 2 amide bonds. The zero-order chi connectivity index (χ0) is 23.3. The minimum atomic E-state index is -0.708. The maximum atomic E-state index is 13.1. The van der Waals surface area contributed by atoms with Crippen LogP contribution in [0, 0.1) is 0 Å². The third-order valence-electron chi connectivity index (χ3n) is 4.75. The normalized spacial score (nSPS) is 13.4. The van der Waals surface area contributed by atoms with Gasteiger partial charge in [0.25, 0.3) is 11.8 Å². The van der Waals surface area contributed by atoms with Gasteiger partial charge >= 0.3 is 5.97 Å². The van der Waals surface area contributed by atoms with Gasteiger partial charge in [-0.1, -0.05) is 31.0 Å². The van der Waals surface area contributed by atoms with Gasteiger partial charge < -0.3 is 19.5 Å². The van der Waals surface area contributed by atoms with Gasteiger partial charge in [0.1, 0.15) is 22.2 Å². The molecule has 1 aliphatic rings. The van der Waals surface area contributed by atoms with Crippen molar-refractivity contribution in [3.8, 4) is 11.5 Å². The van der Waals surface area contributed by atoms with Crippen LogP contribution in [0.5, 0.6) is 11.5 Å². The third kappa shape index (κ3) is 4.70. The first-order valence-electron chi connectivity index (χ1n) is 9.96. The van der Waals surface area contributed by atoms with Crippen LogP contribution in [0.3, 0.4) is 0 Å². The number of nitrogens with zero attached hydrogens (tertiary/aromatic N) is 1. The molecule has 0 saturated carbocycles. The molecule has 0 aliphatic carbocycles. The molecule has 168 valence electrons. The van der Waals surface area contributed by atoms with E-state index in [1.165, 1.54) is 26.4 Å². The number of carbonyl (C=O) groups excluding carboxylic acids is 3. The van der Waals surface area contributed by atoms with Crippen molar-refractivity contribution in [3.63, 3.8) is 0 Å². The van der Waals surface area contributed by atoms with Crippen molar-refractivity contribution in [2.45, 2.75) is 19.8 Å². The summed E-state index contributed by atoms with van der Waals surface area (Å²) in [7, 11) is 2.90. The smallest absolute Gasteiger partial charge is 0.338 e. The summed E-state index contributed by atoms with van der Waals surface area (Å²) in [6.45, 7) is 2.33. The van der Waals surface area contributed by atoms with Crippen LogP contribution < -0.4 is 19.7 Å². The number of ether oxygens (including phenoxy) is 3. The van der Waals surface area contributed by atoms with E-state index < -0.39 is 17.8 Å². The van der Waals surface area contributed by atoms with E-state index in [9.17, 15) is 14.4 Å². The number of hydrogen-bond acceptors (Lipinski definition) is 7. The molecule has 0 atom stereocenters. The Morgan fingerprint density at radius 2 is 1.84 bits per heavy atom. The van der Waals surface area contributed by atoms with Crippen LogP contribution >= 0.6 is 11.6 Å². The fourth-order valence-electron chi connectivity index (χ4n) is 3.06. The van der Waals surface area contributed by atoms with Gasteiger partial charge in [-0.05, 0) is 36.8 Å². The van der Waals surface area contributed by atoms with Crippen molar-refractivity contribution in [3.05, 3.63) is 58.8 Å². The first-order valence-corrected chi connectivity index (χ1v) is 10.3. The molecule has 3 rings (SSSR count). The number of amides is 2. The summed E-state index contributed by atoms with van der Waals surface area (Å²) >= 11 is 6.22. The zero-order valence-electron chi connectivity index (χ0n) is 17.9. The molecule has 1 aliphatic heterocycles. The van der Waals surface area contributed by atoms with Gasteiger partial charge in [0, 0.05) is 11.8 Å². The van der Waals surface area contributed by atoms with Crippen LogP contribution in [0.15, 0.2) is 53.2 Å². The first-order chi connectivity index (χ1) is 15.4. The number of anilines is 2. The average molecular weight is 459 g/mol. The summed E-state index contributed by atoms with van der Waals surface area (Å²) in [6.07, 6.45) is 1.68. The van der Waals surface area contributed by atoms with Crippen LogP contribution in [-0.2, 0) is 14.3 Å². The molecule has 2 aromatic rings. The number of esters is 1. The summed E-state index contributed by atoms with van der Waals surface area (Å²) in [5.41, 5.74) is 0.803.